The van der Waals surface area contributed by atoms with E-state index >= 15 is 0 Å². The maximum absolute atomic E-state index is 6.32. The molecule has 42 valence electrons. The van der Waals surface area contributed by atoms with Crippen LogP contribution >= 0.6 is 0 Å². The van der Waals surface area contributed by atoms with E-state index in [1.165, 1.54) is 6.20 Å². The molecule has 0 amide bonds. The van der Waals surface area contributed by atoms with Crippen molar-refractivity contribution in [1.29, 1.82) is 5.53 Å². The van der Waals surface area contributed by atoms with Gasteiger partial charge >= 0.3 is 0 Å². The molecule has 2 nitrogen and oxygen atoms in total. The Balaban J connectivity index is 3.41. The van der Waals surface area contributed by atoms with Crippen molar-refractivity contribution in [2.45, 2.75) is 0 Å². The van der Waals surface area contributed by atoms with Gasteiger partial charge in [0.25, 0.3) is 0 Å². The number of rotatable bonds is 3. The first-order chi connectivity index (χ1) is 3.91. The molecule has 0 heterocycles. The third-order valence-electron chi connectivity index (χ3n) is 0.519. The Morgan fingerprint density at radius 3 is 2.50 bits per heavy atom. The second kappa shape index (κ2) is 5.82. The van der Waals surface area contributed by atoms with Gasteiger partial charge in [-0.2, -0.15) is 5.11 Å². The van der Waals surface area contributed by atoms with Crippen molar-refractivity contribution in [3.63, 3.8) is 0 Å². The molecular weight excluding hydrogens is 100 g/mol. The summed E-state index contributed by atoms with van der Waals surface area (Å²) < 4.78 is 0. The number of allylic oxidation sites excluding steroid dienone is 4. The lowest BCUT2D eigenvalue weighted by Crippen LogP contribution is -1.45. The topological polar surface area (TPSA) is 36.2 Å². The van der Waals surface area contributed by atoms with Crippen molar-refractivity contribution in [2.24, 2.45) is 5.11 Å². The first-order valence-corrected chi connectivity index (χ1v) is 2.22. The van der Waals surface area contributed by atoms with Crippen LogP contribution in [-0.2, 0) is 0 Å². The van der Waals surface area contributed by atoms with Gasteiger partial charge in [0, 0.05) is 6.20 Å². The van der Waals surface area contributed by atoms with Crippen molar-refractivity contribution in [3.05, 3.63) is 37.1 Å². The average molecular weight is 108 g/mol. The smallest absolute Gasteiger partial charge is 0.0488 e. The lowest BCUT2D eigenvalue weighted by molar-refractivity contribution is 1.14. The highest BCUT2D eigenvalue weighted by Gasteiger charge is 1.56. The molecular formula is C6H8N2. The normalized spacial score (nSPS) is 10.5. The van der Waals surface area contributed by atoms with Crippen molar-refractivity contribution in [1.82, 2.24) is 0 Å². The predicted octanol–water partition coefficient (Wildman–Crippen LogP) is 2.27. The molecule has 2 heteroatoms. The zero-order chi connectivity index (χ0) is 6.24. The van der Waals surface area contributed by atoms with Crippen molar-refractivity contribution in [2.75, 3.05) is 0 Å². The van der Waals surface area contributed by atoms with E-state index in [0.717, 1.165) is 0 Å². The van der Waals surface area contributed by atoms with Gasteiger partial charge in [-0.3, -0.25) is 0 Å². The molecule has 0 rings (SSSR count). The first-order valence-electron chi connectivity index (χ1n) is 2.22. The largest absolute Gasteiger partial charge is 0.205 e. The molecule has 0 saturated heterocycles. The Hall–Kier alpha value is -1.18. The van der Waals surface area contributed by atoms with Crippen LogP contribution in [0.5, 0.6) is 0 Å². The summed E-state index contributed by atoms with van der Waals surface area (Å²) in [6.07, 6.45) is 8.23. The molecule has 1 N–H and O–H groups in total. The summed E-state index contributed by atoms with van der Waals surface area (Å²) in [4.78, 5) is 0. The fourth-order valence-electron chi connectivity index (χ4n) is 0.235. The molecule has 0 radical (unpaired) electrons. The van der Waals surface area contributed by atoms with Crippen LogP contribution in [0.2, 0.25) is 0 Å². The third-order valence-corrected chi connectivity index (χ3v) is 0.519. The molecule has 0 saturated carbocycles. The molecule has 0 aliphatic carbocycles. The standard InChI is InChI=1S/C6H8N2/c1-2-3-4-5-6-8-7/h2-7H,1H2. The average Bonchev–Trinajstić information content (AvgIpc) is 1.81. The zero-order valence-corrected chi connectivity index (χ0v) is 4.54. The van der Waals surface area contributed by atoms with Gasteiger partial charge in [0.05, 0.1) is 0 Å². The second-order valence-corrected chi connectivity index (χ2v) is 1.09. The number of hydrogen-bond acceptors (Lipinski definition) is 2. The van der Waals surface area contributed by atoms with E-state index in [4.69, 9.17) is 5.53 Å². The molecule has 0 bridgehead atoms. The zero-order valence-electron chi connectivity index (χ0n) is 4.54. The minimum atomic E-state index is 1.39. The van der Waals surface area contributed by atoms with Crippen LogP contribution < -0.4 is 0 Å². The lowest BCUT2D eigenvalue weighted by atomic mass is 10.5. The fourth-order valence-corrected chi connectivity index (χ4v) is 0.235. The first kappa shape index (κ1) is 6.82. The van der Waals surface area contributed by atoms with E-state index in [1.54, 1.807) is 24.3 Å². The molecule has 0 aromatic carbocycles. The molecule has 0 aromatic heterocycles. The number of nitrogens with one attached hydrogen (secondary N) is 1. The molecule has 0 aliphatic rings. The monoisotopic (exact) mass is 108 g/mol. The number of hydrogen-bond donors (Lipinski definition) is 1. The molecule has 8 heavy (non-hydrogen) atoms. The maximum Gasteiger partial charge on any atom is 0.0488 e. The van der Waals surface area contributed by atoms with Gasteiger partial charge in [-0.1, -0.05) is 24.8 Å². The van der Waals surface area contributed by atoms with E-state index in [2.05, 4.69) is 11.7 Å². The summed E-state index contributed by atoms with van der Waals surface area (Å²) in [6, 6.07) is 0. The van der Waals surface area contributed by atoms with Gasteiger partial charge in [-0.25, -0.2) is 5.53 Å². The second-order valence-electron chi connectivity index (χ2n) is 1.09. The van der Waals surface area contributed by atoms with E-state index < -0.39 is 0 Å². The molecule has 0 unspecified atom stereocenters. The van der Waals surface area contributed by atoms with Crippen LogP contribution in [-0.4, -0.2) is 0 Å². The van der Waals surface area contributed by atoms with Gasteiger partial charge < -0.3 is 0 Å². The third kappa shape index (κ3) is 4.82. The summed E-state index contributed by atoms with van der Waals surface area (Å²) in [5.41, 5.74) is 6.32. The predicted molar refractivity (Wildman–Crippen MR) is 33.6 cm³/mol. The SMILES string of the molecule is C=CC=CC=CN=N. The van der Waals surface area contributed by atoms with Crippen molar-refractivity contribution >= 4 is 0 Å². The van der Waals surface area contributed by atoms with Crippen LogP contribution in [0.15, 0.2) is 42.2 Å². The highest BCUT2D eigenvalue weighted by molar-refractivity contribution is 5.07. The van der Waals surface area contributed by atoms with Crippen LogP contribution in [0.25, 0.3) is 0 Å². The summed E-state index contributed by atoms with van der Waals surface area (Å²) in [5, 5.41) is 2.99. The van der Waals surface area contributed by atoms with E-state index in [9.17, 15) is 0 Å². The van der Waals surface area contributed by atoms with Gasteiger partial charge in [0.15, 0.2) is 0 Å². The van der Waals surface area contributed by atoms with Crippen LogP contribution in [0, 0.1) is 5.53 Å². The Labute approximate surface area is 48.7 Å². The van der Waals surface area contributed by atoms with Crippen molar-refractivity contribution in [3.8, 4) is 0 Å². The number of nitrogens with zero attached hydrogens (tertiary/aromatic N) is 1. The summed E-state index contributed by atoms with van der Waals surface area (Å²) in [5.74, 6) is 0. The lowest BCUT2D eigenvalue weighted by Gasteiger charge is -1.66. The van der Waals surface area contributed by atoms with Gasteiger partial charge in [-0.15, -0.1) is 0 Å². The van der Waals surface area contributed by atoms with E-state index in [1.807, 2.05) is 0 Å². The fraction of sp³-hybridized carbons (Fsp3) is 0. The maximum atomic E-state index is 6.32. The van der Waals surface area contributed by atoms with Crippen LogP contribution in [0.3, 0.4) is 0 Å². The van der Waals surface area contributed by atoms with Crippen molar-refractivity contribution < 1.29 is 0 Å². The Morgan fingerprint density at radius 1 is 1.25 bits per heavy atom. The van der Waals surface area contributed by atoms with Gasteiger partial charge in [-0.05, 0) is 6.08 Å². The Morgan fingerprint density at radius 2 is 2.00 bits per heavy atom. The molecule has 0 atom stereocenters. The molecule has 0 fully saturated rings. The molecule has 0 spiro atoms. The minimum Gasteiger partial charge on any atom is -0.205 e. The summed E-state index contributed by atoms with van der Waals surface area (Å²) in [7, 11) is 0. The molecule has 0 aliphatic heterocycles. The van der Waals surface area contributed by atoms with Gasteiger partial charge in [0.2, 0.25) is 0 Å². The van der Waals surface area contributed by atoms with Crippen LogP contribution in [0.1, 0.15) is 0 Å². The highest BCUT2D eigenvalue weighted by Crippen LogP contribution is 1.76. The van der Waals surface area contributed by atoms with E-state index in [-0.39, 0.29) is 0 Å². The summed E-state index contributed by atoms with van der Waals surface area (Å²) >= 11 is 0. The van der Waals surface area contributed by atoms with Crippen LogP contribution in [0.4, 0.5) is 0 Å². The van der Waals surface area contributed by atoms with E-state index in [0.29, 0.717) is 0 Å². The Bertz CT molecular complexity index is 106. The quantitative estimate of drug-likeness (QED) is 0.425. The minimum absolute atomic E-state index is 1.39. The molecule has 0 aromatic rings. The highest BCUT2D eigenvalue weighted by atomic mass is 14.9. The Kier molecular flexibility index (Phi) is 4.96. The van der Waals surface area contributed by atoms with Gasteiger partial charge in [0.1, 0.15) is 0 Å². The summed E-state index contributed by atoms with van der Waals surface area (Å²) in [6.45, 7) is 3.46.